The Hall–Kier alpha value is -2.88. The highest BCUT2D eigenvalue weighted by molar-refractivity contribution is 6.12. The van der Waals surface area contributed by atoms with Gasteiger partial charge in [-0.2, -0.15) is 13.2 Å². The van der Waals surface area contributed by atoms with Crippen molar-refractivity contribution in [2.45, 2.75) is 6.18 Å². The van der Waals surface area contributed by atoms with Gasteiger partial charge in [-0.25, -0.2) is 0 Å². The maximum Gasteiger partial charge on any atom is 0.416 e. The van der Waals surface area contributed by atoms with Crippen molar-refractivity contribution in [3.8, 4) is 11.1 Å². The van der Waals surface area contributed by atoms with Gasteiger partial charge in [0.1, 0.15) is 0 Å². The van der Waals surface area contributed by atoms with Crippen molar-refractivity contribution in [1.29, 1.82) is 0 Å². The van der Waals surface area contributed by atoms with Crippen molar-refractivity contribution in [2.24, 2.45) is 0 Å². The highest BCUT2D eigenvalue weighted by Crippen LogP contribution is 2.35. The van der Waals surface area contributed by atoms with Gasteiger partial charge in [-0.15, -0.1) is 0 Å². The number of aromatic nitrogens is 1. The second kappa shape index (κ2) is 5.34. The number of hydrogen-bond donors (Lipinski definition) is 0. The summed E-state index contributed by atoms with van der Waals surface area (Å²) in [5, 5.41) is 3.11. The first kappa shape index (κ1) is 14.7. The van der Waals surface area contributed by atoms with Crippen LogP contribution in [0, 0.1) is 0 Å². The molecule has 3 aromatic carbocycles. The maximum absolute atomic E-state index is 12.8. The van der Waals surface area contributed by atoms with E-state index in [1.54, 1.807) is 6.20 Å². The van der Waals surface area contributed by atoms with Gasteiger partial charge in [-0.05, 0) is 40.6 Å². The first-order valence-corrected chi connectivity index (χ1v) is 7.48. The van der Waals surface area contributed by atoms with Crippen LogP contribution in [-0.2, 0) is 6.18 Å². The monoisotopic (exact) mass is 323 g/mol. The minimum atomic E-state index is -4.33. The van der Waals surface area contributed by atoms with Gasteiger partial charge < -0.3 is 0 Å². The number of halogens is 3. The molecule has 4 rings (SSSR count). The van der Waals surface area contributed by atoms with Crippen LogP contribution in [-0.4, -0.2) is 4.98 Å². The van der Waals surface area contributed by atoms with Crippen molar-refractivity contribution < 1.29 is 13.2 Å². The molecule has 0 saturated heterocycles. The molecule has 1 heterocycles. The number of nitrogens with zero attached hydrogens (tertiary/aromatic N) is 1. The predicted octanol–water partition coefficient (Wildman–Crippen LogP) is 6.07. The maximum atomic E-state index is 12.8. The Morgan fingerprint density at radius 1 is 0.750 bits per heavy atom. The molecule has 0 amide bonds. The second-order valence-electron chi connectivity index (χ2n) is 5.62. The van der Waals surface area contributed by atoms with E-state index in [4.69, 9.17) is 0 Å². The molecular weight excluding hydrogens is 311 g/mol. The van der Waals surface area contributed by atoms with Crippen molar-refractivity contribution >= 4 is 21.7 Å². The summed E-state index contributed by atoms with van der Waals surface area (Å²) in [6.07, 6.45) is -2.63. The Balaban J connectivity index is 1.98. The van der Waals surface area contributed by atoms with Crippen LogP contribution in [0.3, 0.4) is 0 Å². The minimum Gasteiger partial charge on any atom is -0.256 e. The van der Waals surface area contributed by atoms with Gasteiger partial charge in [0.25, 0.3) is 0 Å². The standard InChI is InChI=1S/C20H12F3N/c21-20(22,23)15-9-7-13(8-10-15)18-12-14-4-1-2-5-16(14)17-6-3-11-24-19(17)18/h1-12H. The molecule has 0 spiro atoms. The molecule has 0 saturated carbocycles. The molecule has 1 aromatic heterocycles. The molecule has 0 atom stereocenters. The summed E-state index contributed by atoms with van der Waals surface area (Å²) >= 11 is 0. The number of rotatable bonds is 1. The lowest BCUT2D eigenvalue weighted by molar-refractivity contribution is -0.137. The Labute approximate surface area is 136 Å². The normalized spacial score (nSPS) is 12.0. The third-order valence-corrected chi connectivity index (χ3v) is 4.14. The first-order chi connectivity index (χ1) is 11.5. The smallest absolute Gasteiger partial charge is 0.256 e. The minimum absolute atomic E-state index is 0.649. The molecule has 24 heavy (non-hydrogen) atoms. The molecule has 0 aliphatic heterocycles. The highest BCUT2D eigenvalue weighted by atomic mass is 19.4. The van der Waals surface area contributed by atoms with Crippen molar-refractivity contribution in [3.63, 3.8) is 0 Å². The molecular formula is C20H12F3N. The van der Waals surface area contributed by atoms with Crippen molar-refractivity contribution in [1.82, 2.24) is 4.98 Å². The lowest BCUT2D eigenvalue weighted by Crippen LogP contribution is -2.04. The van der Waals surface area contributed by atoms with Crippen LogP contribution in [0.5, 0.6) is 0 Å². The van der Waals surface area contributed by atoms with E-state index in [9.17, 15) is 13.2 Å². The molecule has 0 radical (unpaired) electrons. The molecule has 0 aliphatic rings. The van der Waals surface area contributed by atoms with Crippen LogP contribution in [0.15, 0.2) is 72.9 Å². The molecule has 0 bridgehead atoms. The third kappa shape index (κ3) is 2.40. The zero-order valence-electron chi connectivity index (χ0n) is 12.5. The lowest BCUT2D eigenvalue weighted by Gasteiger charge is -2.11. The Bertz CT molecular complexity index is 1030. The highest BCUT2D eigenvalue weighted by Gasteiger charge is 2.30. The molecule has 1 nitrogen and oxygen atoms in total. The fourth-order valence-electron chi connectivity index (χ4n) is 2.99. The Morgan fingerprint density at radius 3 is 2.21 bits per heavy atom. The largest absolute Gasteiger partial charge is 0.416 e. The van der Waals surface area contributed by atoms with E-state index >= 15 is 0 Å². The average Bonchev–Trinajstić information content (AvgIpc) is 2.60. The van der Waals surface area contributed by atoms with Crippen LogP contribution >= 0.6 is 0 Å². The Morgan fingerprint density at radius 2 is 1.46 bits per heavy atom. The summed E-state index contributed by atoms with van der Waals surface area (Å²) < 4.78 is 38.3. The van der Waals surface area contributed by atoms with Gasteiger partial charge in [0.2, 0.25) is 0 Å². The van der Waals surface area contributed by atoms with Crippen LogP contribution in [0.4, 0.5) is 13.2 Å². The van der Waals surface area contributed by atoms with Crippen molar-refractivity contribution in [3.05, 3.63) is 78.5 Å². The van der Waals surface area contributed by atoms with Gasteiger partial charge in [-0.3, -0.25) is 4.98 Å². The van der Waals surface area contributed by atoms with Gasteiger partial charge in [0.15, 0.2) is 0 Å². The van der Waals surface area contributed by atoms with Crippen LogP contribution in [0.1, 0.15) is 5.56 Å². The number of hydrogen-bond acceptors (Lipinski definition) is 1. The fourth-order valence-corrected chi connectivity index (χ4v) is 2.99. The van der Waals surface area contributed by atoms with E-state index in [0.29, 0.717) is 0 Å². The summed E-state index contributed by atoms with van der Waals surface area (Å²) in [6, 6.07) is 19.0. The third-order valence-electron chi connectivity index (χ3n) is 4.14. The first-order valence-electron chi connectivity index (χ1n) is 7.48. The van der Waals surface area contributed by atoms with Gasteiger partial charge in [0, 0.05) is 17.1 Å². The number of benzene rings is 3. The molecule has 118 valence electrons. The topological polar surface area (TPSA) is 12.9 Å². The van der Waals surface area contributed by atoms with Crippen LogP contribution < -0.4 is 0 Å². The molecule has 0 fully saturated rings. The van der Waals surface area contributed by atoms with E-state index in [1.807, 2.05) is 42.5 Å². The van der Waals surface area contributed by atoms with Crippen LogP contribution in [0.2, 0.25) is 0 Å². The van der Waals surface area contributed by atoms with Gasteiger partial charge in [-0.1, -0.05) is 42.5 Å². The summed E-state index contributed by atoms with van der Waals surface area (Å²) in [7, 11) is 0. The zero-order valence-corrected chi connectivity index (χ0v) is 12.5. The summed E-state index contributed by atoms with van der Waals surface area (Å²) in [5.41, 5.74) is 1.69. The zero-order chi connectivity index (χ0) is 16.7. The number of pyridine rings is 1. The molecule has 4 heteroatoms. The average molecular weight is 323 g/mol. The van der Waals surface area contributed by atoms with E-state index in [1.165, 1.54) is 12.1 Å². The van der Waals surface area contributed by atoms with E-state index in [-0.39, 0.29) is 0 Å². The fraction of sp³-hybridized carbons (Fsp3) is 0.0500. The summed E-state index contributed by atoms with van der Waals surface area (Å²) in [6.45, 7) is 0. The van der Waals surface area contributed by atoms with Gasteiger partial charge >= 0.3 is 6.18 Å². The quantitative estimate of drug-likeness (QED) is 0.387. The summed E-state index contributed by atoms with van der Waals surface area (Å²) in [5.74, 6) is 0. The number of fused-ring (bicyclic) bond motifs is 3. The number of alkyl halides is 3. The van der Waals surface area contributed by atoms with E-state index in [2.05, 4.69) is 4.98 Å². The second-order valence-corrected chi connectivity index (χ2v) is 5.62. The van der Waals surface area contributed by atoms with Crippen molar-refractivity contribution in [2.75, 3.05) is 0 Å². The lowest BCUT2D eigenvalue weighted by atomic mass is 9.96. The van der Waals surface area contributed by atoms with Gasteiger partial charge in [0.05, 0.1) is 11.1 Å². The van der Waals surface area contributed by atoms with E-state index < -0.39 is 11.7 Å². The van der Waals surface area contributed by atoms with Crippen LogP contribution in [0.25, 0.3) is 32.8 Å². The molecule has 0 aliphatic carbocycles. The molecule has 0 unspecified atom stereocenters. The predicted molar refractivity (Wildman–Crippen MR) is 89.7 cm³/mol. The Kier molecular flexibility index (Phi) is 3.27. The SMILES string of the molecule is FC(F)(F)c1ccc(-c2cc3ccccc3c3cccnc23)cc1. The summed E-state index contributed by atoms with van der Waals surface area (Å²) in [4.78, 5) is 4.46. The molecule has 0 N–H and O–H groups in total. The van der Waals surface area contributed by atoms with E-state index in [0.717, 1.165) is 44.9 Å². The molecule has 4 aromatic rings.